The van der Waals surface area contributed by atoms with Crippen LogP contribution in [-0.4, -0.2) is 41.7 Å². The average molecular weight is 256 g/mol. The molecule has 1 rings (SSSR count). The van der Waals surface area contributed by atoms with Crippen LogP contribution in [0.3, 0.4) is 0 Å². The molecule has 100 valence electrons. The summed E-state index contributed by atoms with van der Waals surface area (Å²) in [6.07, 6.45) is 0.184. The van der Waals surface area contributed by atoms with Gasteiger partial charge in [-0.3, -0.25) is 4.79 Å². The van der Waals surface area contributed by atoms with Crippen LogP contribution in [0.1, 0.15) is 28.6 Å². The second-order valence-electron chi connectivity index (χ2n) is 3.79. The average Bonchev–Trinajstić information content (AvgIpc) is 2.63. The highest BCUT2D eigenvalue weighted by atomic mass is 16.5. The third-order valence-corrected chi connectivity index (χ3v) is 2.32. The zero-order valence-corrected chi connectivity index (χ0v) is 10.5. The van der Waals surface area contributed by atoms with Crippen molar-refractivity contribution in [2.24, 2.45) is 0 Å². The van der Waals surface area contributed by atoms with Crippen molar-refractivity contribution in [2.45, 2.75) is 26.3 Å². The molecule has 7 nitrogen and oxygen atoms in total. The zero-order valence-electron chi connectivity index (χ0n) is 10.5. The Morgan fingerprint density at radius 3 is 2.61 bits per heavy atom. The van der Waals surface area contributed by atoms with Gasteiger partial charge in [0.25, 0.3) is 5.91 Å². The predicted octanol–water partition coefficient (Wildman–Crippen LogP) is 0.511. The van der Waals surface area contributed by atoms with Gasteiger partial charge in [-0.1, -0.05) is 0 Å². The number of hydrogen-bond donors (Lipinski definition) is 2. The van der Waals surface area contributed by atoms with Crippen molar-refractivity contribution in [3.63, 3.8) is 0 Å². The Kier molecular flexibility index (Phi) is 4.85. The molecule has 0 aliphatic heterocycles. The van der Waals surface area contributed by atoms with Crippen molar-refractivity contribution >= 4 is 11.9 Å². The van der Waals surface area contributed by atoms with Crippen LogP contribution in [0.2, 0.25) is 0 Å². The second kappa shape index (κ2) is 6.15. The van der Waals surface area contributed by atoms with Crippen LogP contribution in [0.5, 0.6) is 0 Å². The minimum atomic E-state index is -1.12. The summed E-state index contributed by atoms with van der Waals surface area (Å²) in [6, 6.07) is -1.01. The smallest absolute Gasteiger partial charge is 0.326 e. The standard InChI is InChI=1S/C11H16N2O5/c1-6-9(18-7(2)12-6)10(14)13-8(11(15)16)4-5-17-3/h8H,4-5H2,1-3H3,(H,13,14)(H,15,16). The molecule has 1 heterocycles. The van der Waals surface area contributed by atoms with Crippen molar-refractivity contribution < 1.29 is 23.8 Å². The lowest BCUT2D eigenvalue weighted by Gasteiger charge is -2.12. The van der Waals surface area contributed by atoms with Gasteiger partial charge in [0.15, 0.2) is 5.89 Å². The van der Waals surface area contributed by atoms with Crippen molar-refractivity contribution in [2.75, 3.05) is 13.7 Å². The van der Waals surface area contributed by atoms with Crippen molar-refractivity contribution in [3.05, 3.63) is 17.3 Å². The molecule has 0 spiro atoms. The summed E-state index contributed by atoms with van der Waals surface area (Å²) in [5.41, 5.74) is 0.431. The monoisotopic (exact) mass is 256 g/mol. The molecule has 7 heteroatoms. The third-order valence-electron chi connectivity index (χ3n) is 2.32. The van der Waals surface area contributed by atoms with E-state index in [-0.39, 0.29) is 18.8 Å². The second-order valence-corrected chi connectivity index (χ2v) is 3.79. The number of carboxylic acid groups (broad SMARTS) is 1. The van der Waals surface area contributed by atoms with Gasteiger partial charge in [-0.25, -0.2) is 9.78 Å². The van der Waals surface area contributed by atoms with Crippen molar-refractivity contribution in [3.8, 4) is 0 Å². The number of carbonyl (C=O) groups excluding carboxylic acids is 1. The fourth-order valence-electron chi connectivity index (χ4n) is 1.46. The molecule has 1 atom stereocenters. The summed E-state index contributed by atoms with van der Waals surface area (Å²) < 4.78 is 9.90. The predicted molar refractivity (Wildman–Crippen MR) is 61.4 cm³/mol. The van der Waals surface area contributed by atoms with Crippen LogP contribution in [0.15, 0.2) is 4.42 Å². The number of ether oxygens (including phenoxy) is 1. The molecule has 0 bridgehead atoms. The molecule has 18 heavy (non-hydrogen) atoms. The Balaban J connectivity index is 2.72. The van der Waals surface area contributed by atoms with Gasteiger partial charge in [0.05, 0.1) is 5.69 Å². The molecule has 1 unspecified atom stereocenters. The molecule has 0 aromatic carbocycles. The number of hydrogen-bond acceptors (Lipinski definition) is 5. The Labute approximate surface area is 104 Å². The van der Waals surface area contributed by atoms with E-state index >= 15 is 0 Å². The highest BCUT2D eigenvalue weighted by Gasteiger charge is 2.23. The maximum Gasteiger partial charge on any atom is 0.326 e. The van der Waals surface area contributed by atoms with Gasteiger partial charge >= 0.3 is 5.97 Å². The Morgan fingerprint density at radius 2 is 2.17 bits per heavy atom. The van der Waals surface area contributed by atoms with E-state index in [0.717, 1.165) is 0 Å². The van der Waals surface area contributed by atoms with E-state index < -0.39 is 17.9 Å². The van der Waals surface area contributed by atoms with E-state index in [0.29, 0.717) is 11.6 Å². The number of carboxylic acids is 1. The maximum atomic E-state index is 11.8. The van der Waals surface area contributed by atoms with Gasteiger partial charge in [-0.15, -0.1) is 0 Å². The zero-order chi connectivity index (χ0) is 13.7. The number of methoxy groups -OCH3 is 1. The van der Waals surface area contributed by atoms with E-state index in [1.54, 1.807) is 13.8 Å². The summed E-state index contributed by atoms with van der Waals surface area (Å²) in [4.78, 5) is 26.7. The topological polar surface area (TPSA) is 102 Å². The Bertz CT molecular complexity index is 441. The quantitative estimate of drug-likeness (QED) is 0.769. The summed E-state index contributed by atoms with van der Waals surface area (Å²) in [7, 11) is 1.46. The Hall–Kier alpha value is -1.89. The summed E-state index contributed by atoms with van der Waals surface area (Å²) in [5, 5.41) is 11.3. The first kappa shape index (κ1) is 14.2. The molecule has 1 amide bonds. The first-order chi connectivity index (χ1) is 8.45. The minimum Gasteiger partial charge on any atom is -0.480 e. The lowest BCUT2D eigenvalue weighted by Crippen LogP contribution is -2.41. The number of amides is 1. The molecule has 1 aromatic rings. The van der Waals surface area contributed by atoms with E-state index in [9.17, 15) is 9.59 Å². The number of aliphatic carboxylic acids is 1. The van der Waals surface area contributed by atoms with Gasteiger partial charge in [0.2, 0.25) is 5.76 Å². The first-order valence-electron chi connectivity index (χ1n) is 5.42. The fraction of sp³-hybridized carbons (Fsp3) is 0.545. The number of nitrogens with one attached hydrogen (secondary N) is 1. The van der Waals surface area contributed by atoms with Crippen molar-refractivity contribution in [1.29, 1.82) is 0 Å². The Morgan fingerprint density at radius 1 is 1.50 bits per heavy atom. The fourth-order valence-corrected chi connectivity index (χ4v) is 1.46. The molecule has 0 aliphatic rings. The number of aryl methyl sites for hydroxylation is 2. The van der Waals surface area contributed by atoms with Gasteiger partial charge in [0.1, 0.15) is 6.04 Å². The lowest BCUT2D eigenvalue weighted by atomic mass is 10.2. The van der Waals surface area contributed by atoms with Crippen LogP contribution in [0, 0.1) is 13.8 Å². The molecule has 0 fully saturated rings. The van der Waals surface area contributed by atoms with Gasteiger partial charge < -0.3 is 19.6 Å². The summed E-state index contributed by atoms with van der Waals surface area (Å²) >= 11 is 0. The normalized spacial score (nSPS) is 12.2. The maximum absolute atomic E-state index is 11.8. The van der Waals surface area contributed by atoms with Crippen LogP contribution in [-0.2, 0) is 9.53 Å². The van der Waals surface area contributed by atoms with Crippen LogP contribution >= 0.6 is 0 Å². The third kappa shape index (κ3) is 3.56. The van der Waals surface area contributed by atoms with Crippen LogP contribution < -0.4 is 5.32 Å². The molecule has 2 N–H and O–H groups in total. The molecule has 0 saturated carbocycles. The first-order valence-corrected chi connectivity index (χ1v) is 5.42. The largest absolute Gasteiger partial charge is 0.480 e. The molecule has 0 radical (unpaired) electrons. The highest BCUT2D eigenvalue weighted by Crippen LogP contribution is 2.09. The number of rotatable bonds is 6. The van der Waals surface area contributed by atoms with Crippen molar-refractivity contribution in [1.82, 2.24) is 10.3 Å². The van der Waals surface area contributed by atoms with Gasteiger partial charge in [-0.2, -0.15) is 0 Å². The molecule has 1 aromatic heterocycles. The molecular weight excluding hydrogens is 240 g/mol. The number of aromatic nitrogens is 1. The van der Waals surface area contributed by atoms with Gasteiger partial charge in [0, 0.05) is 27.1 Å². The summed E-state index contributed by atoms with van der Waals surface area (Å²) in [6.45, 7) is 3.48. The summed E-state index contributed by atoms with van der Waals surface area (Å²) in [5.74, 6) is -1.30. The SMILES string of the molecule is COCCC(NC(=O)c1oc(C)nc1C)C(=O)O. The van der Waals surface area contributed by atoms with Crippen LogP contribution in [0.4, 0.5) is 0 Å². The van der Waals surface area contributed by atoms with E-state index in [1.807, 2.05) is 0 Å². The number of carbonyl (C=O) groups is 2. The number of oxazole rings is 1. The minimum absolute atomic E-state index is 0.0381. The molecule has 0 aliphatic carbocycles. The molecule has 0 saturated heterocycles. The number of nitrogens with zero attached hydrogens (tertiary/aromatic N) is 1. The molecular formula is C11H16N2O5. The lowest BCUT2D eigenvalue weighted by molar-refractivity contribution is -0.139. The van der Waals surface area contributed by atoms with E-state index in [2.05, 4.69) is 10.3 Å². The van der Waals surface area contributed by atoms with E-state index in [1.165, 1.54) is 7.11 Å². The van der Waals surface area contributed by atoms with Crippen LogP contribution in [0.25, 0.3) is 0 Å². The van der Waals surface area contributed by atoms with Gasteiger partial charge in [-0.05, 0) is 6.92 Å². The van der Waals surface area contributed by atoms with E-state index in [4.69, 9.17) is 14.3 Å². The highest BCUT2D eigenvalue weighted by molar-refractivity contribution is 5.95.